The summed E-state index contributed by atoms with van der Waals surface area (Å²) in [6.07, 6.45) is 1.42. The van der Waals surface area contributed by atoms with Crippen molar-refractivity contribution in [2.45, 2.75) is 6.54 Å². The highest BCUT2D eigenvalue weighted by Gasteiger charge is 2.12. The van der Waals surface area contributed by atoms with Crippen LogP contribution in [0.25, 0.3) is 10.9 Å². The van der Waals surface area contributed by atoms with Crippen LogP contribution in [0, 0.1) is 5.82 Å². The van der Waals surface area contributed by atoms with E-state index in [9.17, 15) is 4.39 Å². The SMILES string of the molecule is CNCc1cc2c(Nc3cccc(Cl)c3F)ncnc2cc1OC. The van der Waals surface area contributed by atoms with Crippen molar-refractivity contribution >= 4 is 34.0 Å². The molecule has 0 radical (unpaired) electrons. The Morgan fingerprint density at radius 2 is 2.08 bits per heavy atom. The molecular weight excluding hydrogens is 331 g/mol. The van der Waals surface area contributed by atoms with Gasteiger partial charge in [0.2, 0.25) is 0 Å². The van der Waals surface area contributed by atoms with Crippen LogP contribution in [0.15, 0.2) is 36.7 Å². The molecule has 0 bridgehead atoms. The van der Waals surface area contributed by atoms with Crippen LogP contribution in [0.1, 0.15) is 5.56 Å². The Labute approximate surface area is 143 Å². The number of anilines is 2. The third kappa shape index (κ3) is 3.11. The standard InChI is InChI=1S/C17H16ClFN4O/c1-20-8-10-6-11-14(7-15(10)24-2)21-9-22-17(11)23-13-5-3-4-12(18)16(13)19/h3-7,9,20H,8H2,1-2H3,(H,21,22,23). The summed E-state index contributed by atoms with van der Waals surface area (Å²) in [5, 5.41) is 6.90. The number of ether oxygens (including phenoxy) is 1. The molecule has 24 heavy (non-hydrogen) atoms. The largest absolute Gasteiger partial charge is 0.496 e. The van der Waals surface area contributed by atoms with Crippen molar-refractivity contribution in [3.05, 3.63) is 53.1 Å². The normalized spacial score (nSPS) is 10.8. The fraction of sp³-hybridized carbons (Fsp3) is 0.176. The molecule has 0 unspecified atom stereocenters. The summed E-state index contributed by atoms with van der Waals surface area (Å²) < 4.78 is 19.5. The maximum atomic E-state index is 14.1. The number of halogens is 2. The summed E-state index contributed by atoms with van der Waals surface area (Å²) in [4.78, 5) is 8.50. The lowest BCUT2D eigenvalue weighted by Gasteiger charge is -2.13. The van der Waals surface area contributed by atoms with Crippen LogP contribution in [-0.2, 0) is 6.54 Å². The Morgan fingerprint density at radius 1 is 1.25 bits per heavy atom. The van der Waals surface area contributed by atoms with E-state index in [-0.39, 0.29) is 10.7 Å². The molecule has 1 aromatic heterocycles. The lowest BCUT2D eigenvalue weighted by Crippen LogP contribution is -2.07. The van der Waals surface area contributed by atoms with E-state index in [0.717, 1.165) is 16.7 Å². The minimum absolute atomic E-state index is 0.0518. The first-order valence-corrected chi connectivity index (χ1v) is 7.69. The third-order valence-corrected chi connectivity index (χ3v) is 3.90. The molecule has 0 aliphatic rings. The fourth-order valence-corrected chi connectivity index (χ4v) is 2.65. The molecule has 2 aromatic carbocycles. The summed E-state index contributed by atoms with van der Waals surface area (Å²) in [5.74, 6) is 0.714. The van der Waals surface area contributed by atoms with Gasteiger partial charge in [-0.05, 0) is 25.2 Å². The first-order chi connectivity index (χ1) is 11.6. The second-order valence-electron chi connectivity index (χ2n) is 5.16. The summed E-state index contributed by atoms with van der Waals surface area (Å²) >= 11 is 5.83. The molecule has 0 aliphatic heterocycles. The number of fused-ring (bicyclic) bond motifs is 1. The first kappa shape index (κ1) is 16.4. The summed E-state index contributed by atoms with van der Waals surface area (Å²) in [7, 11) is 3.47. The number of nitrogens with one attached hydrogen (secondary N) is 2. The van der Waals surface area contributed by atoms with Crippen LogP contribution >= 0.6 is 11.6 Å². The number of benzene rings is 2. The molecule has 0 fully saturated rings. The molecule has 0 atom stereocenters. The van der Waals surface area contributed by atoms with Crippen LogP contribution < -0.4 is 15.4 Å². The number of hydrogen-bond acceptors (Lipinski definition) is 5. The summed E-state index contributed by atoms with van der Waals surface area (Å²) in [6.45, 7) is 0.624. The van der Waals surface area contributed by atoms with Crippen molar-refractivity contribution in [1.29, 1.82) is 0 Å². The van der Waals surface area contributed by atoms with Gasteiger partial charge in [-0.15, -0.1) is 0 Å². The van der Waals surface area contributed by atoms with Gasteiger partial charge in [0, 0.05) is 23.6 Å². The van der Waals surface area contributed by atoms with Crippen LogP contribution in [0.2, 0.25) is 5.02 Å². The molecule has 0 spiro atoms. The van der Waals surface area contributed by atoms with Gasteiger partial charge in [0.15, 0.2) is 5.82 Å². The van der Waals surface area contributed by atoms with Gasteiger partial charge in [0.05, 0.1) is 23.3 Å². The van der Waals surface area contributed by atoms with Crippen LogP contribution in [-0.4, -0.2) is 24.1 Å². The maximum Gasteiger partial charge on any atom is 0.165 e. The van der Waals surface area contributed by atoms with E-state index < -0.39 is 5.82 Å². The molecule has 2 N–H and O–H groups in total. The van der Waals surface area contributed by atoms with E-state index in [0.29, 0.717) is 17.9 Å². The highest BCUT2D eigenvalue weighted by Crippen LogP contribution is 2.31. The van der Waals surface area contributed by atoms with Crippen molar-refractivity contribution < 1.29 is 9.13 Å². The monoisotopic (exact) mass is 346 g/mol. The second-order valence-corrected chi connectivity index (χ2v) is 5.57. The van der Waals surface area contributed by atoms with Gasteiger partial charge >= 0.3 is 0 Å². The fourth-order valence-electron chi connectivity index (χ4n) is 2.47. The number of aromatic nitrogens is 2. The van der Waals surface area contributed by atoms with Gasteiger partial charge in [-0.25, -0.2) is 14.4 Å². The van der Waals surface area contributed by atoms with E-state index in [4.69, 9.17) is 16.3 Å². The number of hydrogen-bond donors (Lipinski definition) is 2. The van der Waals surface area contributed by atoms with Gasteiger partial charge in [0.1, 0.15) is 17.9 Å². The molecule has 7 heteroatoms. The molecule has 3 aromatic rings. The molecule has 0 saturated heterocycles. The van der Waals surface area contributed by atoms with Crippen molar-refractivity contribution in [1.82, 2.24) is 15.3 Å². The zero-order valence-electron chi connectivity index (χ0n) is 13.2. The molecule has 0 aliphatic carbocycles. The van der Waals surface area contributed by atoms with Gasteiger partial charge in [0.25, 0.3) is 0 Å². The Hall–Kier alpha value is -2.44. The average Bonchev–Trinajstić information content (AvgIpc) is 2.59. The number of rotatable bonds is 5. The van der Waals surface area contributed by atoms with Gasteiger partial charge in [-0.3, -0.25) is 0 Å². The highest BCUT2D eigenvalue weighted by molar-refractivity contribution is 6.31. The molecular formula is C17H16ClFN4O. The zero-order valence-corrected chi connectivity index (χ0v) is 14.0. The smallest absolute Gasteiger partial charge is 0.165 e. The van der Waals surface area contributed by atoms with Crippen molar-refractivity contribution in [2.24, 2.45) is 0 Å². The van der Waals surface area contributed by atoms with Gasteiger partial charge < -0.3 is 15.4 Å². The zero-order chi connectivity index (χ0) is 17.1. The van der Waals surface area contributed by atoms with Gasteiger partial charge in [-0.1, -0.05) is 17.7 Å². The molecule has 1 heterocycles. The minimum atomic E-state index is -0.519. The Morgan fingerprint density at radius 3 is 2.83 bits per heavy atom. The lowest BCUT2D eigenvalue weighted by atomic mass is 10.1. The molecule has 0 amide bonds. The van der Waals surface area contributed by atoms with E-state index in [2.05, 4.69) is 20.6 Å². The lowest BCUT2D eigenvalue weighted by molar-refractivity contribution is 0.409. The maximum absolute atomic E-state index is 14.1. The third-order valence-electron chi connectivity index (χ3n) is 3.61. The molecule has 124 valence electrons. The minimum Gasteiger partial charge on any atom is -0.496 e. The van der Waals surface area contributed by atoms with Gasteiger partial charge in [-0.2, -0.15) is 0 Å². The average molecular weight is 347 g/mol. The Kier molecular flexibility index (Phi) is 4.78. The number of methoxy groups -OCH3 is 1. The highest BCUT2D eigenvalue weighted by atomic mass is 35.5. The first-order valence-electron chi connectivity index (χ1n) is 7.31. The Bertz CT molecular complexity index is 888. The van der Waals surface area contributed by atoms with Crippen molar-refractivity contribution in [2.75, 3.05) is 19.5 Å². The van der Waals surface area contributed by atoms with E-state index in [1.807, 2.05) is 19.2 Å². The quantitative estimate of drug-likeness (QED) is 0.734. The molecule has 0 saturated carbocycles. The predicted molar refractivity (Wildman–Crippen MR) is 93.5 cm³/mol. The molecule has 5 nitrogen and oxygen atoms in total. The topological polar surface area (TPSA) is 59.1 Å². The van der Waals surface area contributed by atoms with Crippen molar-refractivity contribution in [3.63, 3.8) is 0 Å². The van der Waals surface area contributed by atoms with E-state index in [1.54, 1.807) is 19.2 Å². The summed E-state index contributed by atoms with van der Waals surface area (Å²) in [5.41, 5.74) is 1.91. The van der Waals surface area contributed by atoms with Crippen LogP contribution in [0.4, 0.5) is 15.9 Å². The second kappa shape index (κ2) is 6.98. The molecule has 3 rings (SSSR count). The van der Waals surface area contributed by atoms with E-state index >= 15 is 0 Å². The number of nitrogens with zero attached hydrogens (tertiary/aromatic N) is 2. The predicted octanol–water partition coefficient (Wildman–Crippen LogP) is 3.89. The summed E-state index contributed by atoms with van der Waals surface area (Å²) in [6, 6.07) is 8.54. The van der Waals surface area contributed by atoms with Crippen LogP contribution in [0.3, 0.4) is 0 Å². The van der Waals surface area contributed by atoms with Crippen LogP contribution in [0.5, 0.6) is 5.75 Å². The van der Waals surface area contributed by atoms with Crippen molar-refractivity contribution in [3.8, 4) is 5.75 Å². The van der Waals surface area contributed by atoms with E-state index in [1.165, 1.54) is 12.4 Å². The Balaban J connectivity index is 2.10.